The second-order valence-electron chi connectivity index (χ2n) is 3.16. The number of oxazole rings is 1. The highest BCUT2D eigenvalue weighted by molar-refractivity contribution is 7.99. The van der Waals surface area contributed by atoms with E-state index in [2.05, 4.69) is 4.98 Å². The summed E-state index contributed by atoms with van der Waals surface area (Å²) in [5.41, 5.74) is 1.34. The summed E-state index contributed by atoms with van der Waals surface area (Å²) in [5.74, 6) is 0. The van der Waals surface area contributed by atoms with Gasteiger partial charge in [0.2, 0.25) is 0 Å². The van der Waals surface area contributed by atoms with Gasteiger partial charge in [0.05, 0.1) is 5.69 Å². The molecule has 0 bridgehead atoms. The molecule has 0 spiro atoms. The lowest BCUT2D eigenvalue weighted by Gasteiger charge is -2.01. The number of carbonyl (C=O) groups excluding carboxylic acids is 1. The largest absolute Gasteiger partial charge is 0.439 e. The van der Waals surface area contributed by atoms with Crippen molar-refractivity contribution in [2.45, 2.75) is 17.0 Å². The predicted octanol–water partition coefficient (Wildman–Crippen LogP) is 3.60. The maximum atomic E-state index is 10.9. The summed E-state index contributed by atoms with van der Waals surface area (Å²) in [6.07, 6.45) is 2.34. The molecule has 0 amide bonds. The van der Waals surface area contributed by atoms with E-state index in [1.165, 1.54) is 11.8 Å². The molecule has 0 saturated carbocycles. The van der Waals surface area contributed by atoms with Crippen LogP contribution in [0.1, 0.15) is 16.1 Å². The molecule has 0 fully saturated rings. The number of carbonyl (C=O) groups is 1. The van der Waals surface area contributed by atoms with Crippen molar-refractivity contribution in [2.24, 2.45) is 0 Å². The van der Waals surface area contributed by atoms with Crippen molar-refractivity contribution in [1.29, 1.82) is 0 Å². The minimum Gasteiger partial charge on any atom is -0.439 e. The third-order valence-electron chi connectivity index (χ3n) is 1.89. The van der Waals surface area contributed by atoms with E-state index in [4.69, 9.17) is 16.0 Å². The fourth-order valence-corrected chi connectivity index (χ4v) is 2.19. The molecule has 1 aromatic heterocycles. The van der Waals surface area contributed by atoms with E-state index in [1.54, 1.807) is 24.5 Å². The number of halogens is 1. The molecule has 82 valence electrons. The van der Waals surface area contributed by atoms with E-state index >= 15 is 0 Å². The molecule has 0 aliphatic carbocycles. The SMILES string of the molecule is Cc1coc(Sc2ccc(Cl)cc2C=O)n1. The maximum Gasteiger partial charge on any atom is 0.260 e. The summed E-state index contributed by atoms with van der Waals surface area (Å²) in [6.45, 7) is 1.84. The van der Waals surface area contributed by atoms with E-state index < -0.39 is 0 Å². The number of aryl methyl sites for hydroxylation is 1. The molecule has 0 aliphatic rings. The zero-order valence-electron chi connectivity index (χ0n) is 8.44. The Kier molecular flexibility index (Phi) is 3.31. The van der Waals surface area contributed by atoms with Gasteiger partial charge in [-0.25, -0.2) is 4.98 Å². The van der Waals surface area contributed by atoms with Gasteiger partial charge in [0.25, 0.3) is 5.22 Å². The van der Waals surface area contributed by atoms with Crippen molar-refractivity contribution < 1.29 is 9.21 Å². The molecular weight excluding hydrogens is 246 g/mol. The number of benzene rings is 1. The third kappa shape index (κ3) is 2.46. The number of hydrogen-bond donors (Lipinski definition) is 0. The van der Waals surface area contributed by atoms with Crippen LogP contribution in [0.15, 0.2) is 39.0 Å². The second-order valence-corrected chi connectivity index (χ2v) is 4.59. The first-order valence-corrected chi connectivity index (χ1v) is 5.73. The van der Waals surface area contributed by atoms with Crippen LogP contribution in [0.2, 0.25) is 5.02 Å². The lowest BCUT2D eigenvalue weighted by Crippen LogP contribution is -1.85. The molecule has 2 aromatic rings. The molecule has 0 atom stereocenters. The summed E-state index contributed by atoms with van der Waals surface area (Å²) in [6, 6.07) is 5.12. The molecule has 0 N–H and O–H groups in total. The molecule has 5 heteroatoms. The topological polar surface area (TPSA) is 43.1 Å². The zero-order valence-corrected chi connectivity index (χ0v) is 10.0. The Morgan fingerprint density at radius 2 is 2.31 bits per heavy atom. The van der Waals surface area contributed by atoms with E-state index in [-0.39, 0.29) is 0 Å². The Labute approximate surface area is 102 Å². The van der Waals surface area contributed by atoms with Crippen LogP contribution < -0.4 is 0 Å². The standard InChI is InChI=1S/C11H8ClNO2S/c1-7-6-15-11(13-7)16-10-3-2-9(12)4-8(10)5-14/h2-6H,1H3. The number of nitrogens with zero attached hydrogens (tertiary/aromatic N) is 1. The first-order chi connectivity index (χ1) is 7.69. The van der Waals surface area contributed by atoms with Gasteiger partial charge in [0, 0.05) is 15.5 Å². The predicted molar refractivity (Wildman–Crippen MR) is 62.2 cm³/mol. The number of hydrogen-bond acceptors (Lipinski definition) is 4. The van der Waals surface area contributed by atoms with Crippen LogP contribution >= 0.6 is 23.4 Å². The third-order valence-corrected chi connectivity index (χ3v) is 3.08. The lowest BCUT2D eigenvalue weighted by molar-refractivity contribution is 0.112. The van der Waals surface area contributed by atoms with Gasteiger partial charge in [-0.1, -0.05) is 11.6 Å². The molecular formula is C11H8ClNO2S. The average Bonchev–Trinajstić information content (AvgIpc) is 2.67. The van der Waals surface area contributed by atoms with Crippen molar-refractivity contribution in [3.05, 3.63) is 40.7 Å². The van der Waals surface area contributed by atoms with Gasteiger partial charge in [-0.3, -0.25) is 4.79 Å². The van der Waals surface area contributed by atoms with Crippen molar-refractivity contribution in [3.63, 3.8) is 0 Å². The molecule has 0 saturated heterocycles. The van der Waals surface area contributed by atoms with Crippen molar-refractivity contribution >= 4 is 29.6 Å². The van der Waals surface area contributed by atoms with Crippen LogP contribution in [-0.2, 0) is 0 Å². The Hall–Kier alpha value is -1.26. The highest BCUT2D eigenvalue weighted by Gasteiger charge is 2.08. The molecule has 16 heavy (non-hydrogen) atoms. The summed E-state index contributed by atoms with van der Waals surface area (Å²) >= 11 is 7.10. The van der Waals surface area contributed by atoms with E-state index in [0.29, 0.717) is 15.8 Å². The molecule has 0 unspecified atom stereocenters. The Morgan fingerprint density at radius 3 is 2.94 bits per heavy atom. The summed E-state index contributed by atoms with van der Waals surface area (Å²) < 4.78 is 5.20. The number of rotatable bonds is 3. The normalized spacial score (nSPS) is 10.4. The van der Waals surface area contributed by atoms with Crippen LogP contribution in [0, 0.1) is 6.92 Å². The minimum atomic E-state index is 0.517. The highest BCUT2D eigenvalue weighted by atomic mass is 35.5. The molecule has 0 radical (unpaired) electrons. The smallest absolute Gasteiger partial charge is 0.260 e. The Bertz CT molecular complexity index is 524. The van der Waals surface area contributed by atoms with Crippen LogP contribution in [-0.4, -0.2) is 11.3 Å². The van der Waals surface area contributed by atoms with E-state index in [1.807, 2.05) is 6.92 Å². The van der Waals surface area contributed by atoms with Crippen LogP contribution in [0.5, 0.6) is 0 Å². The molecule has 1 aromatic carbocycles. The van der Waals surface area contributed by atoms with Gasteiger partial charge >= 0.3 is 0 Å². The highest BCUT2D eigenvalue weighted by Crippen LogP contribution is 2.30. The van der Waals surface area contributed by atoms with Crippen LogP contribution in [0.3, 0.4) is 0 Å². The summed E-state index contributed by atoms with van der Waals surface area (Å²) in [7, 11) is 0. The van der Waals surface area contributed by atoms with Crippen molar-refractivity contribution in [3.8, 4) is 0 Å². The molecule has 0 aliphatic heterocycles. The number of aldehydes is 1. The minimum absolute atomic E-state index is 0.517. The fraction of sp³-hybridized carbons (Fsp3) is 0.0909. The van der Waals surface area contributed by atoms with Gasteiger partial charge in [-0.15, -0.1) is 0 Å². The van der Waals surface area contributed by atoms with Gasteiger partial charge in [0.1, 0.15) is 6.26 Å². The second kappa shape index (κ2) is 4.72. The fourth-order valence-electron chi connectivity index (χ4n) is 1.18. The Balaban J connectivity index is 2.30. The van der Waals surface area contributed by atoms with Crippen molar-refractivity contribution in [2.75, 3.05) is 0 Å². The van der Waals surface area contributed by atoms with Gasteiger partial charge in [0.15, 0.2) is 6.29 Å². The Morgan fingerprint density at radius 1 is 1.50 bits per heavy atom. The van der Waals surface area contributed by atoms with Gasteiger partial charge < -0.3 is 4.42 Å². The summed E-state index contributed by atoms with van der Waals surface area (Å²) in [4.78, 5) is 15.8. The molecule has 3 nitrogen and oxygen atoms in total. The quantitative estimate of drug-likeness (QED) is 0.784. The maximum absolute atomic E-state index is 10.9. The van der Waals surface area contributed by atoms with E-state index in [9.17, 15) is 4.79 Å². The first kappa shape index (κ1) is 11.2. The van der Waals surface area contributed by atoms with Gasteiger partial charge in [-0.2, -0.15) is 0 Å². The van der Waals surface area contributed by atoms with Crippen LogP contribution in [0.25, 0.3) is 0 Å². The van der Waals surface area contributed by atoms with Crippen molar-refractivity contribution in [1.82, 2.24) is 4.98 Å². The molecule has 2 rings (SSSR count). The summed E-state index contributed by atoms with van der Waals surface area (Å²) in [5, 5.41) is 1.05. The number of aromatic nitrogens is 1. The first-order valence-electron chi connectivity index (χ1n) is 4.54. The monoisotopic (exact) mass is 253 g/mol. The van der Waals surface area contributed by atoms with E-state index in [0.717, 1.165) is 16.9 Å². The average molecular weight is 254 g/mol. The molecule has 1 heterocycles. The zero-order chi connectivity index (χ0) is 11.5. The van der Waals surface area contributed by atoms with Crippen LogP contribution in [0.4, 0.5) is 0 Å². The lowest BCUT2D eigenvalue weighted by atomic mass is 10.2. The van der Waals surface area contributed by atoms with Gasteiger partial charge in [-0.05, 0) is 36.9 Å².